The highest BCUT2D eigenvalue weighted by molar-refractivity contribution is 5.42. The van der Waals surface area contributed by atoms with Crippen molar-refractivity contribution in [1.82, 2.24) is 5.32 Å². The lowest BCUT2D eigenvalue weighted by molar-refractivity contribution is 0.162. The van der Waals surface area contributed by atoms with Gasteiger partial charge in [0.25, 0.3) is 0 Å². The maximum atomic E-state index is 5.96. The number of hydrogen-bond donors (Lipinski definition) is 1. The first kappa shape index (κ1) is 9.97. The van der Waals surface area contributed by atoms with Crippen molar-refractivity contribution in [2.45, 2.75) is 25.4 Å². The minimum absolute atomic E-state index is 0.362. The molecule has 0 aromatic heterocycles. The minimum atomic E-state index is 0.362. The lowest BCUT2D eigenvalue weighted by Gasteiger charge is -2.23. The molecule has 1 fully saturated rings. The Labute approximate surface area is 95.8 Å². The molecule has 0 radical (unpaired) electrons. The minimum Gasteiger partial charge on any atom is -0.493 e. The molecule has 16 heavy (non-hydrogen) atoms. The van der Waals surface area contributed by atoms with Gasteiger partial charge < -0.3 is 14.8 Å². The Morgan fingerprint density at radius 3 is 3.00 bits per heavy atom. The molecular formula is C13H17NO2. The third kappa shape index (κ3) is 2.00. The van der Waals surface area contributed by atoms with Crippen LogP contribution in [0.3, 0.4) is 0 Å². The molecule has 0 bridgehead atoms. The molecule has 0 saturated carbocycles. The summed E-state index contributed by atoms with van der Waals surface area (Å²) >= 11 is 0. The maximum Gasteiger partial charge on any atom is 0.126 e. The Bertz CT molecular complexity index is 372. The van der Waals surface area contributed by atoms with Crippen LogP contribution in [0.5, 0.6) is 11.5 Å². The molecule has 2 aliphatic heterocycles. The van der Waals surface area contributed by atoms with E-state index in [1.807, 2.05) is 6.07 Å². The molecule has 1 aromatic carbocycles. The number of benzene rings is 1. The second kappa shape index (κ2) is 4.34. The van der Waals surface area contributed by atoms with Crippen LogP contribution in [0.15, 0.2) is 18.2 Å². The van der Waals surface area contributed by atoms with Crippen molar-refractivity contribution in [2.75, 3.05) is 19.7 Å². The van der Waals surface area contributed by atoms with E-state index in [0.717, 1.165) is 50.5 Å². The van der Waals surface area contributed by atoms with Gasteiger partial charge in [-0.25, -0.2) is 0 Å². The van der Waals surface area contributed by atoms with Gasteiger partial charge in [0.05, 0.1) is 6.61 Å². The van der Waals surface area contributed by atoms with E-state index in [1.165, 1.54) is 5.56 Å². The topological polar surface area (TPSA) is 30.5 Å². The summed E-state index contributed by atoms with van der Waals surface area (Å²) in [6, 6.07) is 6.22. The maximum absolute atomic E-state index is 5.96. The number of nitrogens with one attached hydrogen (secondary N) is 1. The van der Waals surface area contributed by atoms with E-state index in [1.54, 1.807) is 0 Å². The largest absolute Gasteiger partial charge is 0.493 e. The third-order valence-corrected chi connectivity index (χ3v) is 3.26. The first-order valence-corrected chi connectivity index (χ1v) is 6.05. The number of ether oxygens (including phenoxy) is 2. The van der Waals surface area contributed by atoms with Gasteiger partial charge in [-0.3, -0.25) is 0 Å². The highest BCUT2D eigenvalue weighted by Crippen LogP contribution is 2.30. The molecule has 3 rings (SSSR count). The van der Waals surface area contributed by atoms with E-state index in [9.17, 15) is 0 Å². The van der Waals surface area contributed by atoms with Gasteiger partial charge in [0.2, 0.25) is 0 Å². The first-order valence-electron chi connectivity index (χ1n) is 6.05. The molecule has 0 amide bonds. The molecule has 3 nitrogen and oxygen atoms in total. The lowest BCUT2D eigenvalue weighted by Crippen LogP contribution is -2.34. The summed E-state index contributed by atoms with van der Waals surface area (Å²) in [7, 11) is 0. The van der Waals surface area contributed by atoms with Crippen molar-refractivity contribution in [2.24, 2.45) is 0 Å². The molecule has 0 atom stereocenters. The Morgan fingerprint density at radius 1 is 1.25 bits per heavy atom. The van der Waals surface area contributed by atoms with E-state index in [2.05, 4.69) is 17.4 Å². The molecule has 2 heterocycles. The summed E-state index contributed by atoms with van der Waals surface area (Å²) in [5.74, 6) is 1.96. The van der Waals surface area contributed by atoms with E-state index in [0.29, 0.717) is 6.10 Å². The fourth-order valence-corrected chi connectivity index (χ4v) is 2.33. The average Bonchev–Trinajstić information content (AvgIpc) is 2.77. The molecule has 1 saturated heterocycles. The average molecular weight is 219 g/mol. The van der Waals surface area contributed by atoms with Gasteiger partial charge in [-0.2, -0.15) is 0 Å². The van der Waals surface area contributed by atoms with Gasteiger partial charge in [0.15, 0.2) is 0 Å². The van der Waals surface area contributed by atoms with E-state index < -0.39 is 0 Å². The quantitative estimate of drug-likeness (QED) is 0.822. The Kier molecular flexibility index (Phi) is 2.70. The molecule has 86 valence electrons. The number of piperidine rings is 1. The molecule has 1 N–H and O–H groups in total. The molecule has 1 aromatic rings. The van der Waals surface area contributed by atoms with Crippen LogP contribution >= 0.6 is 0 Å². The van der Waals surface area contributed by atoms with Gasteiger partial charge >= 0.3 is 0 Å². The van der Waals surface area contributed by atoms with E-state index >= 15 is 0 Å². The van der Waals surface area contributed by atoms with Crippen molar-refractivity contribution in [1.29, 1.82) is 0 Å². The van der Waals surface area contributed by atoms with E-state index in [4.69, 9.17) is 9.47 Å². The van der Waals surface area contributed by atoms with Gasteiger partial charge in [-0.05, 0) is 37.6 Å². The summed E-state index contributed by atoms with van der Waals surface area (Å²) in [5.41, 5.74) is 1.30. The summed E-state index contributed by atoms with van der Waals surface area (Å²) < 4.78 is 11.5. The van der Waals surface area contributed by atoms with Crippen molar-refractivity contribution in [3.63, 3.8) is 0 Å². The fraction of sp³-hybridized carbons (Fsp3) is 0.538. The van der Waals surface area contributed by atoms with Crippen LogP contribution in [-0.2, 0) is 6.42 Å². The molecule has 0 unspecified atom stereocenters. The fourth-order valence-electron chi connectivity index (χ4n) is 2.33. The van der Waals surface area contributed by atoms with Crippen LogP contribution in [0.25, 0.3) is 0 Å². The second-order valence-corrected chi connectivity index (χ2v) is 4.44. The Morgan fingerprint density at radius 2 is 2.12 bits per heavy atom. The van der Waals surface area contributed by atoms with Gasteiger partial charge in [0.1, 0.15) is 17.6 Å². The Balaban J connectivity index is 1.69. The van der Waals surface area contributed by atoms with Crippen molar-refractivity contribution in [3.05, 3.63) is 23.8 Å². The van der Waals surface area contributed by atoms with Crippen LogP contribution < -0.4 is 14.8 Å². The zero-order valence-corrected chi connectivity index (χ0v) is 9.37. The third-order valence-electron chi connectivity index (χ3n) is 3.26. The van der Waals surface area contributed by atoms with Crippen LogP contribution in [0, 0.1) is 0 Å². The molecule has 3 heteroatoms. The summed E-state index contributed by atoms with van der Waals surface area (Å²) in [5, 5.41) is 3.34. The highest BCUT2D eigenvalue weighted by Gasteiger charge is 2.17. The molecule has 0 aliphatic carbocycles. The SMILES string of the molecule is c1cc2c(cc1OC1CCNCC1)OCC2. The summed E-state index contributed by atoms with van der Waals surface area (Å²) in [6.45, 7) is 2.93. The van der Waals surface area contributed by atoms with Crippen molar-refractivity contribution in [3.8, 4) is 11.5 Å². The normalized spacial score (nSPS) is 20.2. The monoisotopic (exact) mass is 219 g/mol. The van der Waals surface area contributed by atoms with Crippen LogP contribution in [0.1, 0.15) is 18.4 Å². The predicted molar refractivity (Wildman–Crippen MR) is 62.2 cm³/mol. The van der Waals surface area contributed by atoms with Crippen LogP contribution in [0.2, 0.25) is 0 Å². The smallest absolute Gasteiger partial charge is 0.126 e. The zero-order chi connectivity index (χ0) is 10.8. The van der Waals surface area contributed by atoms with Crippen molar-refractivity contribution >= 4 is 0 Å². The Hall–Kier alpha value is -1.22. The summed E-state index contributed by atoms with van der Waals surface area (Å²) in [4.78, 5) is 0. The van der Waals surface area contributed by atoms with Crippen LogP contribution in [0.4, 0.5) is 0 Å². The van der Waals surface area contributed by atoms with Crippen molar-refractivity contribution < 1.29 is 9.47 Å². The predicted octanol–water partition coefficient (Wildman–Crippen LogP) is 1.75. The zero-order valence-electron chi connectivity index (χ0n) is 9.37. The van der Waals surface area contributed by atoms with Gasteiger partial charge in [-0.1, -0.05) is 6.07 Å². The number of hydrogen-bond acceptors (Lipinski definition) is 3. The van der Waals surface area contributed by atoms with Gasteiger partial charge in [-0.15, -0.1) is 0 Å². The van der Waals surface area contributed by atoms with Crippen LogP contribution in [-0.4, -0.2) is 25.8 Å². The van der Waals surface area contributed by atoms with E-state index in [-0.39, 0.29) is 0 Å². The number of rotatable bonds is 2. The first-order chi connectivity index (χ1) is 7.92. The van der Waals surface area contributed by atoms with Gasteiger partial charge in [0, 0.05) is 12.5 Å². The number of fused-ring (bicyclic) bond motifs is 1. The molecular weight excluding hydrogens is 202 g/mol. The summed E-state index contributed by atoms with van der Waals surface area (Å²) in [6.07, 6.45) is 3.58. The molecule has 0 spiro atoms. The lowest BCUT2D eigenvalue weighted by atomic mass is 10.1. The molecule has 2 aliphatic rings. The highest BCUT2D eigenvalue weighted by atomic mass is 16.5. The second-order valence-electron chi connectivity index (χ2n) is 4.44. The standard InChI is InChI=1S/C13H17NO2/c1-2-12(9-13-10(1)5-8-15-13)16-11-3-6-14-7-4-11/h1-2,9,11,14H,3-8H2.